The summed E-state index contributed by atoms with van der Waals surface area (Å²) in [6.07, 6.45) is 3.33. The van der Waals surface area contributed by atoms with Gasteiger partial charge in [-0.05, 0) is 49.9 Å². The summed E-state index contributed by atoms with van der Waals surface area (Å²) in [7, 11) is 0. The van der Waals surface area contributed by atoms with Gasteiger partial charge in [0.2, 0.25) is 0 Å². The van der Waals surface area contributed by atoms with E-state index in [2.05, 4.69) is 26.2 Å². The van der Waals surface area contributed by atoms with Gasteiger partial charge in [-0.2, -0.15) is 0 Å². The van der Waals surface area contributed by atoms with E-state index in [1.807, 2.05) is 0 Å². The number of hydrogen-bond donors (Lipinski definition) is 3. The van der Waals surface area contributed by atoms with E-state index in [9.17, 15) is 14.7 Å². The molecule has 1 heterocycles. The van der Waals surface area contributed by atoms with E-state index in [-0.39, 0.29) is 11.3 Å². The van der Waals surface area contributed by atoms with Gasteiger partial charge in [-0.25, -0.2) is 0 Å². The molecule has 1 amide bonds. The Labute approximate surface area is 135 Å². The molecule has 0 saturated carbocycles. The standard InChI is InChI=1S/C16H15BrN2O3/c17-9-5-7-10(8-6-9)18-15(21)13-14(20)11-3-1-2-4-12(11)19-16(13)22/h5-8H,1-4H2,(H,18,21)(H2,19,20,22). The number of halogens is 1. The van der Waals surface area contributed by atoms with Gasteiger partial charge >= 0.3 is 0 Å². The van der Waals surface area contributed by atoms with Crippen molar-refractivity contribution in [3.63, 3.8) is 0 Å². The number of aryl methyl sites for hydroxylation is 1. The SMILES string of the molecule is O=C(Nc1ccc(Br)cc1)c1c(O)c2c([nH]c1=O)CCCC2. The van der Waals surface area contributed by atoms with Crippen LogP contribution in [0.25, 0.3) is 0 Å². The van der Waals surface area contributed by atoms with Crippen LogP contribution < -0.4 is 10.9 Å². The van der Waals surface area contributed by atoms with Gasteiger partial charge in [-0.15, -0.1) is 0 Å². The average molecular weight is 363 g/mol. The number of benzene rings is 1. The Morgan fingerprint density at radius 1 is 1.18 bits per heavy atom. The lowest BCUT2D eigenvalue weighted by molar-refractivity contribution is 0.102. The fourth-order valence-corrected chi connectivity index (χ4v) is 2.96. The van der Waals surface area contributed by atoms with Gasteiger partial charge in [0, 0.05) is 21.4 Å². The highest BCUT2D eigenvalue weighted by atomic mass is 79.9. The molecule has 0 fully saturated rings. The van der Waals surface area contributed by atoms with Crippen LogP contribution in [-0.4, -0.2) is 16.0 Å². The first kappa shape index (κ1) is 14.8. The molecule has 0 spiro atoms. The molecule has 0 saturated heterocycles. The number of amides is 1. The normalized spacial score (nSPS) is 13.5. The summed E-state index contributed by atoms with van der Waals surface area (Å²) >= 11 is 3.31. The molecule has 0 radical (unpaired) electrons. The molecule has 0 bridgehead atoms. The van der Waals surface area contributed by atoms with E-state index in [0.717, 1.165) is 29.4 Å². The zero-order chi connectivity index (χ0) is 15.7. The van der Waals surface area contributed by atoms with E-state index in [1.54, 1.807) is 24.3 Å². The average Bonchev–Trinajstić information content (AvgIpc) is 2.49. The summed E-state index contributed by atoms with van der Waals surface area (Å²) in [5.74, 6) is -0.789. The van der Waals surface area contributed by atoms with Crippen LogP contribution in [-0.2, 0) is 12.8 Å². The number of carbonyl (C=O) groups is 1. The Kier molecular flexibility index (Phi) is 4.02. The van der Waals surface area contributed by atoms with Crippen molar-refractivity contribution in [2.45, 2.75) is 25.7 Å². The summed E-state index contributed by atoms with van der Waals surface area (Å²) in [6, 6.07) is 7.00. The fraction of sp³-hybridized carbons (Fsp3) is 0.250. The molecule has 1 aromatic heterocycles. The molecule has 0 aliphatic heterocycles. The van der Waals surface area contributed by atoms with Crippen LogP contribution in [0.1, 0.15) is 34.5 Å². The third-order valence-electron chi connectivity index (χ3n) is 3.81. The van der Waals surface area contributed by atoms with Gasteiger partial charge in [0.1, 0.15) is 11.3 Å². The van der Waals surface area contributed by atoms with Gasteiger partial charge in [-0.1, -0.05) is 15.9 Å². The summed E-state index contributed by atoms with van der Waals surface area (Å²) < 4.78 is 0.889. The number of carbonyl (C=O) groups excluding carboxylic acids is 1. The van der Waals surface area contributed by atoms with Crippen LogP contribution in [0.5, 0.6) is 5.75 Å². The van der Waals surface area contributed by atoms with Crippen LogP contribution in [0, 0.1) is 0 Å². The van der Waals surface area contributed by atoms with Gasteiger partial charge in [0.05, 0.1) is 0 Å². The Morgan fingerprint density at radius 3 is 2.59 bits per heavy atom. The quantitative estimate of drug-likeness (QED) is 0.767. The van der Waals surface area contributed by atoms with Gasteiger partial charge in [-0.3, -0.25) is 9.59 Å². The molecule has 2 aromatic rings. The lowest BCUT2D eigenvalue weighted by Crippen LogP contribution is -2.26. The number of aromatic hydroxyl groups is 1. The Bertz CT molecular complexity index is 781. The van der Waals surface area contributed by atoms with Gasteiger partial charge in [0.25, 0.3) is 11.5 Å². The van der Waals surface area contributed by atoms with Gasteiger partial charge in [0.15, 0.2) is 0 Å². The van der Waals surface area contributed by atoms with Crippen LogP contribution in [0.15, 0.2) is 33.5 Å². The van der Waals surface area contributed by atoms with Crippen LogP contribution in [0.2, 0.25) is 0 Å². The molecule has 3 N–H and O–H groups in total. The summed E-state index contributed by atoms with van der Waals surface area (Å²) in [4.78, 5) is 27.2. The largest absolute Gasteiger partial charge is 0.507 e. The highest BCUT2D eigenvalue weighted by molar-refractivity contribution is 9.10. The topological polar surface area (TPSA) is 82.2 Å². The first-order valence-corrected chi connectivity index (χ1v) is 7.89. The zero-order valence-corrected chi connectivity index (χ0v) is 13.4. The van der Waals surface area contributed by atoms with Crippen LogP contribution in [0.4, 0.5) is 5.69 Å². The summed E-state index contributed by atoms with van der Waals surface area (Å²) in [5, 5.41) is 13.0. The van der Waals surface area contributed by atoms with E-state index >= 15 is 0 Å². The third kappa shape index (κ3) is 2.78. The van der Waals surface area contributed by atoms with Gasteiger partial charge < -0.3 is 15.4 Å². The summed E-state index contributed by atoms with van der Waals surface area (Å²) in [6.45, 7) is 0. The molecule has 1 aromatic carbocycles. The Morgan fingerprint density at radius 2 is 1.86 bits per heavy atom. The maximum atomic E-state index is 12.3. The molecule has 3 rings (SSSR count). The maximum Gasteiger partial charge on any atom is 0.265 e. The monoisotopic (exact) mass is 362 g/mol. The first-order valence-electron chi connectivity index (χ1n) is 7.10. The Balaban J connectivity index is 1.95. The van der Waals surface area contributed by atoms with Crippen LogP contribution >= 0.6 is 15.9 Å². The smallest absolute Gasteiger partial charge is 0.265 e. The number of aromatic nitrogens is 1. The number of nitrogens with one attached hydrogen (secondary N) is 2. The van der Waals surface area contributed by atoms with Crippen molar-refractivity contribution in [2.75, 3.05) is 5.32 Å². The fourth-order valence-electron chi connectivity index (χ4n) is 2.70. The zero-order valence-electron chi connectivity index (χ0n) is 11.8. The lowest BCUT2D eigenvalue weighted by Gasteiger charge is -2.18. The molecule has 114 valence electrons. The number of hydrogen-bond acceptors (Lipinski definition) is 3. The van der Waals surface area contributed by atoms with E-state index < -0.39 is 11.5 Å². The van der Waals surface area contributed by atoms with Crippen molar-refractivity contribution in [3.8, 4) is 5.75 Å². The highest BCUT2D eigenvalue weighted by Crippen LogP contribution is 2.29. The first-order chi connectivity index (χ1) is 10.6. The van der Waals surface area contributed by atoms with E-state index in [0.29, 0.717) is 17.7 Å². The number of aromatic amines is 1. The lowest BCUT2D eigenvalue weighted by atomic mass is 9.93. The maximum absolute atomic E-state index is 12.3. The second-order valence-electron chi connectivity index (χ2n) is 5.30. The molecular weight excluding hydrogens is 348 g/mol. The van der Waals surface area contributed by atoms with E-state index in [4.69, 9.17) is 0 Å². The predicted molar refractivity (Wildman–Crippen MR) is 87.5 cm³/mol. The second kappa shape index (κ2) is 5.96. The van der Waals surface area contributed by atoms with Crippen molar-refractivity contribution in [1.82, 2.24) is 4.98 Å². The van der Waals surface area contributed by atoms with Crippen LogP contribution in [0.3, 0.4) is 0 Å². The number of rotatable bonds is 2. The molecule has 1 aliphatic rings. The van der Waals surface area contributed by atoms with Crippen molar-refractivity contribution in [3.05, 3.63) is 55.9 Å². The van der Waals surface area contributed by atoms with E-state index in [1.165, 1.54) is 0 Å². The number of fused-ring (bicyclic) bond motifs is 1. The molecular formula is C16H15BrN2O3. The molecule has 0 unspecified atom stereocenters. The van der Waals surface area contributed by atoms with Crippen molar-refractivity contribution in [1.29, 1.82) is 0 Å². The minimum absolute atomic E-state index is 0.187. The van der Waals surface area contributed by atoms with Crippen molar-refractivity contribution >= 4 is 27.5 Å². The minimum Gasteiger partial charge on any atom is -0.507 e. The molecule has 22 heavy (non-hydrogen) atoms. The third-order valence-corrected chi connectivity index (χ3v) is 4.34. The van der Waals surface area contributed by atoms with Crippen molar-refractivity contribution in [2.24, 2.45) is 0 Å². The molecule has 1 aliphatic carbocycles. The Hall–Kier alpha value is -2.08. The predicted octanol–water partition coefficient (Wildman–Crippen LogP) is 2.97. The molecule has 6 heteroatoms. The number of pyridine rings is 1. The second-order valence-corrected chi connectivity index (χ2v) is 6.22. The minimum atomic E-state index is -0.602. The van der Waals surface area contributed by atoms with Crippen molar-refractivity contribution < 1.29 is 9.90 Å². The highest BCUT2D eigenvalue weighted by Gasteiger charge is 2.23. The number of anilines is 1. The molecule has 0 atom stereocenters. The molecule has 5 nitrogen and oxygen atoms in total. The summed E-state index contributed by atoms with van der Waals surface area (Å²) in [5.41, 5.74) is 1.22. The number of H-pyrrole nitrogens is 1.